The summed E-state index contributed by atoms with van der Waals surface area (Å²) in [6.45, 7) is 7.41. The first-order valence-electron chi connectivity index (χ1n) is 5.59. The van der Waals surface area contributed by atoms with Crippen molar-refractivity contribution in [3.63, 3.8) is 0 Å². The second-order valence-electron chi connectivity index (χ2n) is 4.68. The summed E-state index contributed by atoms with van der Waals surface area (Å²) in [7, 11) is 0. The highest BCUT2D eigenvalue weighted by Gasteiger charge is 2.44. The Kier molecular flexibility index (Phi) is 3.40. The zero-order valence-electron chi connectivity index (χ0n) is 10.4. The van der Waals surface area contributed by atoms with Gasteiger partial charge >= 0.3 is 0 Å². The predicted molar refractivity (Wildman–Crippen MR) is 64.8 cm³/mol. The summed E-state index contributed by atoms with van der Waals surface area (Å²) < 4.78 is 0. The van der Waals surface area contributed by atoms with Crippen LogP contribution >= 0.6 is 0 Å². The minimum Gasteiger partial charge on any atom is -0.384 e. The fourth-order valence-electron chi connectivity index (χ4n) is 1.95. The molecule has 1 aromatic carbocycles. The lowest BCUT2D eigenvalue weighted by molar-refractivity contribution is -0.0384. The van der Waals surface area contributed by atoms with Gasteiger partial charge in [0.1, 0.15) is 5.60 Å². The monoisotopic (exact) mass is 217 g/mol. The molecule has 0 aliphatic rings. The van der Waals surface area contributed by atoms with Crippen LogP contribution in [0.25, 0.3) is 0 Å². The standard InChI is InChI=1S/C14H19NO/c1-5-13(3,10-15)14(4,16)12-9-7-6-8-11(12)2/h6-9,16H,5H2,1-4H3. The second kappa shape index (κ2) is 4.27. The van der Waals surface area contributed by atoms with Crippen LogP contribution < -0.4 is 0 Å². The molecule has 0 saturated carbocycles. The number of nitriles is 1. The minimum absolute atomic E-state index is 0.616. The molecule has 2 unspecified atom stereocenters. The summed E-state index contributed by atoms with van der Waals surface area (Å²) in [5.74, 6) is 0. The Morgan fingerprint density at radius 1 is 1.31 bits per heavy atom. The van der Waals surface area contributed by atoms with E-state index in [0.29, 0.717) is 6.42 Å². The van der Waals surface area contributed by atoms with Gasteiger partial charge in [-0.1, -0.05) is 31.2 Å². The predicted octanol–water partition coefficient (Wildman–Crippen LogP) is 3.14. The normalized spacial score (nSPS) is 18.2. The maximum atomic E-state index is 10.7. The van der Waals surface area contributed by atoms with Crippen molar-refractivity contribution < 1.29 is 5.11 Å². The molecule has 0 fully saturated rings. The van der Waals surface area contributed by atoms with Gasteiger partial charge in [-0.25, -0.2) is 0 Å². The molecule has 0 saturated heterocycles. The molecule has 86 valence electrons. The van der Waals surface area contributed by atoms with Gasteiger partial charge in [-0.15, -0.1) is 0 Å². The third-order valence-corrected chi connectivity index (χ3v) is 3.70. The maximum absolute atomic E-state index is 10.7. The second-order valence-corrected chi connectivity index (χ2v) is 4.68. The van der Waals surface area contributed by atoms with Crippen molar-refractivity contribution in [3.8, 4) is 6.07 Å². The lowest BCUT2D eigenvalue weighted by Crippen LogP contribution is -2.40. The molecule has 0 aromatic heterocycles. The van der Waals surface area contributed by atoms with Crippen LogP contribution in [0.3, 0.4) is 0 Å². The Bertz CT molecular complexity index is 417. The van der Waals surface area contributed by atoms with Crippen LogP contribution in [0.1, 0.15) is 38.3 Å². The summed E-state index contributed by atoms with van der Waals surface area (Å²) in [4.78, 5) is 0. The van der Waals surface area contributed by atoms with Gasteiger partial charge in [-0.3, -0.25) is 0 Å². The quantitative estimate of drug-likeness (QED) is 0.845. The Labute approximate surface area is 97.5 Å². The van der Waals surface area contributed by atoms with Gasteiger partial charge in [0.2, 0.25) is 0 Å². The van der Waals surface area contributed by atoms with E-state index in [9.17, 15) is 10.4 Å². The molecule has 2 nitrogen and oxygen atoms in total. The molecule has 1 aromatic rings. The Morgan fingerprint density at radius 3 is 2.31 bits per heavy atom. The van der Waals surface area contributed by atoms with E-state index in [4.69, 9.17) is 0 Å². The van der Waals surface area contributed by atoms with E-state index in [1.807, 2.05) is 38.1 Å². The van der Waals surface area contributed by atoms with E-state index in [1.54, 1.807) is 13.8 Å². The highest BCUT2D eigenvalue weighted by atomic mass is 16.3. The molecule has 16 heavy (non-hydrogen) atoms. The summed E-state index contributed by atoms with van der Waals surface area (Å²) in [5, 5.41) is 19.9. The van der Waals surface area contributed by atoms with Crippen molar-refractivity contribution in [2.45, 2.75) is 39.7 Å². The summed E-state index contributed by atoms with van der Waals surface area (Å²) in [6.07, 6.45) is 0.616. The molecule has 0 radical (unpaired) electrons. The molecular weight excluding hydrogens is 198 g/mol. The van der Waals surface area contributed by atoms with Crippen LogP contribution in [0.2, 0.25) is 0 Å². The molecule has 1 rings (SSSR count). The van der Waals surface area contributed by atoms with Crippen LogP contribution in [0.4, 0.5) is 0 Å². The average Bonchev–Trinajstić information content (AvgIpc) is 2.28. The number of hydrogen-bond donors (Lipinski definition) is 1. The lowest BCUT2D eigenvalue weighted by Gasteiger charge is -2.38. The van der Waals surface area contributed by atoms with E-state index < -0.39 is 11.0 Å². The van der Waals surface area contributed by atoms with Gasteiger partial charge < -0.3 is 5.11 Å². The van der Waals surface area contributed by atoms with E-state index in [0.717, 1.165) is 11.1 Å². The fourth-order valence-corrected chi connectivity index (χ4v) is 1.95. The highest BCUT2D eigenvalue weighted by Crippen LogP contribution is 2.42. The number of nitrogens with zero attached hydrogens (tertiary/aromatic N) is 1. The fraction of sp³-hybridized carbons (Fsp3) is 0.500. The van der Waals surface area contributed by atoms with E-state index in [2.05, 4.69) is 6.07 Å². The molecule has 0 amide bonds. The van der Waals surface area contributed by atoms with Gasteiger partial charge in [0.05, 0.1) is 11.5 Å². The zero-order valence-corrected chi connectivity index (χ0v) is 10.4. The van der Waals surface area contributed by atoms with Crippen molar-refractivity contribution in [1.29, 1.82) is 5.26 Å². The van der Waals surface area contributed by atoms with Gasteiger partial charge in [0.25, 0.3) is 0 Å². The van der Waals surface area contributed by atoms with E-state index >= 15 is 0 Å². The molecule has 0 bridgehead atoms. The molecule has 2 heteroatoms. The summed E-state index contributed by atoms with van der Waals surface area (Å²) in [6, 6.07) is 9.92. The van der Waals surface area contributed by atoms with Crippen molar-refractivity contribution in [3.05, 3.63) is 35.4 Å². The number of rotatable bonds is 3. The van der Waals surface area contributed by atoms with Crippen LogP contribution in [-0.4, -0.2) is 5.11 Å². The summed E-state index contributed by atoms with van der Waals surface area (Å²) in [5.41, 5.74) is -0.0376. The SMILES string of the molecule is CCC(C)(C#N)C(C)(O)c1ccccc1C. The van der Waals surface area contributed by atoms with Crippen LogP contribution in [-0.2, 0) is 5.60 Å². The van der Waals surface area contributed by atoms with E-state index in [-0.39, 0.29) is 0 Å². The highest BCUT2D eigenvalue weighted by molar-refractivity contribution is 5.34. The van der Waals surface area contributed by atoms with Gasteiger partial charge in [-0.2, -0.15) is 5.26 Å². The molecule has 2 atom stereocenters. The number of hydrogen-bond acceptors (Lipinski definition) is 2. The van der Waals surface area contributed by atoms with Gasteiger partial charge in [-0.05, 0) is 38.3 Å². The van der Waals surface area contributed by atoms with Crippen molar-refractivity contribution >= 4 is 0 Å². The molecule has 0 spiro atoms. The Morgan fingerprint density at radius 2 is 1.88 bits per heavy atom. The van der Waals surface area contributed by atoms with Crippen molar-refractivity contribution in [1.82, 2.24) is 0 Å². The first-order valence-corrected chi connectivity index (χ1v) is 5.59. The largest absolute Gasteiger partial charge is 0.384 e. The average molecular weight is 217 g/mol. The van der Waals surface area contributed by atoms with Crippen molar-refractivity contribution in [2.75, 3.05) is 0 Å². The molecule has 1 N–H and O–H groups in total. The molecular formula is C14H19NO. The zero-order chi connectivity index (χ0) is 12.4. The Balaban J connectivity index is 3.32. The van der Waals surface area contributed by atoms with Gasteiger partial charge in [0.15, 0.2) is 0 Å². The maximum Gasteiger partial charge on any atom is 0.105 e. The first kappa shape index (κ1) is 12.7. The third kappa shape index (κ3) is 1.83. The van der Waals surface area contributed by atoms with E-state index in [1.165, 1.54) is 0 Å². The van der Waals surface area contributed by atoms with Crippen LogP contribution in [0.5, 0.6) is 0 Å². The number of benzene rings is 1. The molecule has 0 aliphatic carbocycles. The van der Waals surface area contributed by atoms with Crippen LogP contribution in [0.15, 0.2) is 24.3 Å². The molecule has 0 heterocycles. The van der Waals surface area contributed by atoms with Gasteiger partial charge in [0, 0.05) is 0 Å². The Hall–Kier alpha value is -1.33. The third-order valence-electron chi connectivity index (χ3n) is 3.70. The molecule has 0 aliphatic heterocycles. The number of aryl methyl sites for hydroxylation is 1. The van der Waals surface area contributed by atoms with Crippen molar-refractivity contribution in [2.24, 2.45) is 5.41 Å². The summed E-state index contributed by atoms with van der Waals surface area (Å²) >= 11 is 0. The minimum atomic E-state index is -1.12. The first-order chi connectivity index (χ1) is 7.39. The topological polar surface area (TPSA) is 44.0 Å². The smallest absolute Gasteiger partial charge is 0.105 e. The lowest BCUT2D eigenvalue weighted by atomic mass is 9.69. The number of aliphatic hydroxyl groups is 1. The van der Waals surface area contributed by atoms with Crippen LogP contribution in [0, 0.1) is 23.7 Å².